The van der Waals surface area contributed by atoms with Gasteiger partial charge in [-0.3, -0.25) is 4.79 Å². The van der Waals surface area contributed by atoms with Crippen molar-refractivity contribution in [2.24, 2.45) is 5.92 Å². The summed E-state index contributed by atoms with van der Waals surface area (Å²) in [5.74, 6) is -0.416. The van der Waals surface area contributed by atoms with Crippen LogP contribution in [0, 0.1) is 5.92 Å². The summed E-state index contributed by atoms with van der Waals surface area (Å²) in [5.41, 5.74) is -1.21. The van der Waals surface area contributed by atoms with Gasteiger partial charge in [-0.25, -0.2) is 8.42 Å². The Morgan fingerprint density at radius 1 is 1.26 bits per heavy atom. The Hall–Kier alpha value is -2.47. The quantitative estimate of drug-likeness (QED) is 0.608. The molecule has 0 amide bonds. The van der Waals surface area contributed by atoms with Crippen LogP contribution < -0.4 is 0 Å². The highest BCUT2D eigenvalue weighted by molar-refractivity contribution is 7.89. The second-order valence-electron chi connectivity index (χ2n) is 7.48. The fraction of sp³-hybridized carbons (Fsp3) is 0.526. The average Bonchev–Trinajstić information content (AvgIpc) is 3.21. The van der Waals surface area contributed by atoms with E-state index in [1.807, 2.05) is 13.8 Å². The first-order chi connectivity index (χ1) is 14.5. The third kappa shape index (κ3) is 5.24. The highest BCUT2D eigenvalue weighted by Crippen LogP contribution is 2.36. The second-order valence-corrected chi connectivity index (χ2v) is 9.39. The van der Waals surface area contributed by atoms with E-state index in [2.05, 4.69) is 10.1 Å². The predicted octanol–water partition coefficient (Wildman–Crippen LogP) is 3.36. The van der Waals surface area contributed by atoms with E-state index in [1.54, 1.807) is 0 Å². The molecule has 8 nitrogen and oxygen atoms in total. The normalized spacial score (nSPS) is 16.6. The molecule has 1 aromatic carbocycles. The minimum absolute atomic E-state index is 0.0574. The van der Waals surface area contributed by atoms with Gasteiger partial charge in [0.25, 0.3) is 5.89 Å². The molecule has 2 heterocycles. The van der Waals surface area contributed by atoms with Crippen LogP contribution in [0.2, 0.25) is 0 Å². The molecule has 0 unspecified atom stereocenters. The number of carbonyl (C=O) groups is 1. The maximum Gasteiger partial charge on any atom is 0.417 e. The highest BCUT2D eigenvalue weighted by Gasteiger charge is 2.40. The lowest BCUT2D eigenvalue weighted by Gasteiger charge is -2.30. The van der Waals surface area contributed by atoms with Gasteiger partial charge in [-0.2, -0.15) is 22.5 Å². The van der Waals surface area contributed by atoms with Crippen LogP contribution in [0.15, 0.2) is 33.7 Å². The molecule has 2 aromatic rings. The average molecular weight is 461 g/mol. The fourth-order valence-corrected chi connectivity index (χ4v) is 4.89. The lowest BCUT2D eigenvalue weighted by molar-refractivity contribution is -0.152. The molecule has 0 saturated carbocycles. The summed E-state index contributed by atoms with van der Waals surface area (Å²) in [6, 6.07) is 4.06. The first-order valence-electron chi connectivity index (χ1n) is 9.65. The van der Waals surface area contributed by atoms with Crippen LogP contribution in [0.4, 0.5) is 13.2 Å². The fourth-order valence-electron chi connectivity index (χ4n) is 3.21. The van der Waals surface area contributed by atoms with E-state index < -0.39 is 38.5 Å². The molecule has 0 atom stereocenters. The second kappa shape index (κ2) is 8.95. The number of hydrogen-bond acceptors (Lipinski definition) is 7. The zero-order chi connectivity index (χ0) is 22.8. The smallest absolute Gasteiger partial charge is 0.417 e. The number of piperidine rings is 1. The van der Waals surface area contributed by atoms with Gasteiger partial charge in [0.05, 0.1) is 16.4 Å². The minimum Gasteiger partial charge on any atom is -0.455 e. The molecule has 0 spiro atoms. The van der Waals surface area contributed by atoms with E-state index in [1.165, 1.54) is 6.07 Å². The van der Waals surface area contributed by atoms with Gasteiger partial charge in [-0.15, -0.1) is 0 Å². The van der Waals surface area contributed by atoms with Crippen LogP contribution in [0.3, 0.4) is 0 Å². The molecule has 0 aliphatic carbocycles. The van der Waals surface area contributed by atoms with Crippen molar-refractivity contribution >= 4 is 16.0 Å². The molecule has 31 heavy (non-hydrogen) atoms. The molecule has 1 saturated heterocycles. The molecule has 0 bridgehead atoms. The Morgan fingerprint density at radius 2 is 1.90 bits per heavy atom. The number of ether oxygens (including phenoxy) is 1. The monoisotopic (exact) mass is 461 g/mol. The zero-order valence-corrected chi connectivity index (χ0v) is 17.7. The molecule has 1 fully saturated rings. The summed E-state index contributed by atoms with van der Waals surface area (Å²) < 4.78 is 76.4. The maximum absolute atomic E-state index is 13.2. The Morgan fingerprint density at radius 3 is 2.48 bits per heavy atom. The van der Waals surface area contributed by atoms with Crippen LogP contribution in [-0.2, 0) is 32.3 Å². The molecule has 12 heteroatoms. The molecule has 1 aliphatic rings. The first kappa shape index (κ1) is 23.2. The minimum atomic E-state index is -4.80. The lowest BCUT2D eigenvalue weighted by atomic mass is 9.98. The number of hydrogen-bond donors (Lipinski definition) is 0. The van der Waals surface area contributed by atoms with E-state index in [4.69, 9.17) is 9.26 Å². The van der Waals surface area contributed by atoms with Gasteiger partial charge < -0.3 is 9.26 Å². The largest absolute Gasteiger partial charge is 0.455 e. The molecular weight excluding hydrogens is 439 g/mol. The van der Waals surface area contributed by atoms with Gasteiger partial charge in [-0.1, -0.05) is 31.1 Å². The van der Waals surface area contributed by atoms with E-state index in [-0.39, 0.29) is 44.3 Å². The van der Waals surface area contributed by atoms with Crippen molar-refractivity contribution in [3.05, 3.63) is 41.5 Å². The standard InChI is InChI=1S/C19H22F3N3O5S/c1-12(2)17-23-16(30-24-17)11-29-18(26)13-7-9-25(10-8-13)31(27,28)15-6-4-3-5-14(15)19(20,21)22/h3-6,12-13H,7-11H2,1-2H3. The molecular formula is C19H22F3N3O5S. The number of rotatable bonds is 6. The predicted molar refractivity (Wildman–Crippen MR) is 101 cm³/mol. The van der Waals surface area contributed by atoms with Gasteiger partial charge in [-0.05, 0) is 25.0 Å². The summed E-state index contributed by atoms with van der Waals surface area (Å²) in [7, 11) is -4.36. The number of carbonyl (C=O) groups excluding carboxylic acids is 1. The number of sulfonamides is 1. The van der Waals surface area contributed by atoms with E-state index >= 15 is 0 Å². The molecule has 0 N–H and O–H groups in total. The molecule has 0 radical (unpaired) electrons. The number of aromatic nitrogens is 2. The summed E-state index contributed by atoms with van der Waals surface area (Å²) >= 11 is 0. The van der Waals surface area contributed by atoms with Crippen LogP contribution in [-0.4, -0.2) is 41.9 Å². The van der Waals surface area contributed by atoms with Crippen molar-refractivity contribution in [1.29, 1.82) is 0 Å². The van der Waals surface area contributed by atoms with Gasteiger partial charge in [0.2, 0.25) is 10.0 Å². The van der Waals surface area contributed by atoms with E-state index in [9.17, 15) is 26.4 Å². The van der Waals surface area contributed by atoms with Crippen LogP contribution in [0.25, 0.3) is 0 Å². The third-order valence-electron chi connectivity index (χ3n) is 4.94. The number of benzene rings is 1. The van der Waals surface area contributed by atoms with Crippen molar-refractivity contribution < 1.29 is 35.6 Å². The Balaban J connectivity index is 1.60. The number of alkyl halides is 3. The molecule has 1 aromatic heterocycles. The summed E-state index contributed by atoms with van der Waals surface area (Å²) in [6.07, 6.45) is -4.53. The van der Waals surface area contributed by atoms with Crippen LogP contribution >= 0.6 is 0 Å². The summed E-state index contributed by atoms with van der Waals surface area (Å²) in [4.78, 5) is 15.6. The summed E-state index contributed by atoms with van der Waals surface area (Å²) in [5, 5.41) is 3.77. The SMILES string of the molecule is CC(C)c1noc(COC(=O)C2CCN(S(=O)(=O)c3ccccc3C(F)(F)F)CC2)n1. The number of halogens is 3. The molecule has 3 rings (SSSR count). The first-order valence-corrected chi connectivity index (χ1v) is 11.1. The van der Waals surface area contributed by atoms with Crippen molar-refractivity contribution in [3.8, 4) is 0 Å². The number of nitrogens with zero attached hydrogens (tertiary/aromatic N) is 3. The lowest BCUT2D eigenvalue weighted by Crippen LogP contribution is -2.41. The Bertz CT molecular complexity index is 1030. The third-order valence-corrected chi connectivity index (χ3v) is 6.89. The zero-order valence-electron chi connectivity index (χ0n) is 16.9. The van der Waals surface area contributed by atoms with Gasteiger partial charge in [0, 0.05) is 19.0 Å². The Labute approximate surface area is 177 Å². The van der Waals surface area contributed by atoms with Crippen LogP contribution in [0.1, 0.15) is 49.9 Å². The van der Waals surface area contributed by atoms with Crippen LogP contribution in [0.5, 0.6) is 0 Å². The highest BCUT2D eigenvalue weighted by atomic mass is 32.2. The van der Waals surface area contributed by atoms with E-state index in [0.29, 0.717) is 5.82 Å². The summed E-state index contributed by atoms with van der Waals surface area (Å²) in [6.45, 7) is 3.39. The van der Waals surface area contributed by atoms with Gasteiger partial charge in [0.1, 0.15) is 0 Å². The Kier molecular flexibility index (Phi) is 6.70. The maximum atomic E-state index is 13.2. The van der Waals surface area contributed by atoms with Crippen molar-refractivity contribution in [2.45, 2.75) is 50.3 Å². The molecule has 170 valence electrons. The van der Waals surface area contributed by atoms with Crippen molar-refractivity contribution in [3.63, 3.8) is 0 Å². The van der Waals surface area contributed by atoms with Crippen molar-refractivity contribution in [2.75, 3.05) is 13.1 Å². The van der Waals surface area contributed by atoms with Crippen molar-refractivity contribution in [1.82, 2.24) is 14.4 Å². The number of esters is 1. The topological polar surface area (TPSA) is 103 Å². The van der Waals surface area contributed by atoms with Gasteiger partial charge >= 0.3 is 12.1 Å². The van der Waals surface area contributed by atoms with E-state index in [0.717, 1.165) is 22.5 Å². The van der Waals surface area contributed by atoms with Gasteiger partial charge in [0.15, 0.2) is 12.4 Å². The molecule has 1 aliphatic heterocycles.